The lowest BCUT2D eigenvalue weighted by Crippen LogP contribution is -2.20. The summed E-state index contributed by atoms with van der Waals surface area (Å²) in [5.74, 6) is -1.09. The van der Waals surface area contributed by atoms with Gasteiger partial charge in [0.2, 0.25) is 0 Å². The minimum absolute atomic E-state index is 0.0745. The Bertz CT molecular complexity index is 473. The summed E-state index contributed by atoms with van der Waals surface area (Å²) < 4.78 is 29.6. The number of pyridine rings is 1. The molecule has 17 heavy (non-hydrogen) atoms. The van der Waals surface area contributed by atoms with Crippen molar-refractivity contribution in [2.75, 3.05) is 6.61 Å². The zero-order chi connectivity index (χ0) is 13.0. The molecule has 0 radical (unpaired) electrons. The molecule has 0 unspecified atom stereocenters. The van der Waals surface area contributed by atoms with Crippen molar-refractivity contribution in [1.82, 2.24) is 4.98 Å². The van der Waals surface area contributed by atoms with Crippen LogP contribution in [-0.2, 0) is 10.6 Å². The molecule has 0 fully saturated rings. The van der Waals surface area contributed by atoms with Gasteiger partial charge in [-0.1, -0.05) is 0 Å². The van der Waals surface area contributed by atoms with Crippen LogP contribution in [-0.4, -0.2) is 17.6 Å². The van der Waals surface area contributed by atoms with Crippen molar-refractivity contribution in [2.24, 2.45) is 0 Å². The lowest BCUT2D eigenvalue weighted by Gasteiger charge is -2.08. The van der Waals surface area contributed by atoms with Crippen LogP contribution in [0.2, 0.25) is 0 Å². The highest BCUT2D eigenvalue weighted by Crippen LogP contribution is 2.18. The number of hydrogen-bond acceptors (Lipinski definition) is 3. The molecule has 0 saturated carbocycles. The van der Waals surface area contributed by atoms with Gasteiger partial charge in [0.05, 0.1) is 23.7 Å². The molecule has 1 rings (SSSR count). The van der Waals surface area contributed by atoms with E-state index in [0.717, 1.165) is 6.07 Å². The minimum atomic E-state index is -2.87. The predicted octanol–water partition coefficient (Wildman–Crippen LogP) is 2.23. The fourth-order valence-electron chi connectivity index (χ4n) is 1.25. The molecule has 7 heteroatoms. The van der Waals surface area contributed by atoms with Crippen molar-refractivity contribution >= 4 is 17.6 Å². The Kier molecular flexibility index (Phi) is 4.62. The Morgan fingerprint density at radius 3 is 2.71 bits per heavy atom. The fraction of sp³-hybridized carbons (Fsp3) is 0.400. The van der Waals surface area contributed by atoms with E-state index in [1.165, 1.54) is 0 Å². The summed E-state index contributed by atoms with van der Waals surface area (Å²) in [6.45, 7) is 1.65. The summed E-state index contributed by atoms with van der Waals surface area (Å²) in [5.41, 5.74) is -1.73. The van der Waals surface area contributed by atoms with Crippen LogP contribution in [0.15, 0.2) is 10.9 Å². The number of carbonyl (C=O) groups is 1. The van der Waals surface area contributed by atoms with Gasteiger partial charge in [-0.05, 0) is 13.0 Å². The third kappa shape index (κ3) is 3.03. The summed E-state index contributed by atoms with van der Waals surface area (Å²) in [7, 11) is 0. The van der Waals surface area contributed by atoms with Crippen molar-refractivity contribution in [2.45, 2.75) is 19.2 Å². The molecule has 1 aromatic rings. The first-order valence-corrected chi connectivity index (χ1v) is 5.32. The molecule has 1 heterocycles. The number of aromatic nitrogens is 1. The molecule has 0 spiro atoms. The number of ether oxygens (including phenoxy) is 1. The molecule has 0 aliphatic heterocycles. The maximum absolute atomic E-state index is 12.5. The van der Waals surface area contributed by atoms with E-state index in [-0.39, 0.29) is 23.6 Å². The average molecular weight is 266 g/mol. The van der Waals surface area contributed by atoms with Gasteiger partial charge < -0.3 is 9.72 Å². The fourth-order valence-corrected chi connectivity index (χ4v) is 1.51. The number of aromatic amines is 1. The number of H-pyrrole nitrogens is 1. The third-order valence-electron chi connectivity index (χ3n) is 2.02. The maximum atomic E-state index is 12.5. The van der Waals surface area contributed by atoms with Crippen molar-refractivity contribution in [3.05, 3.63) is 33.2 Å². The Morgan fingerprint density at radius 1 is 1.59 bits per heavy atom. The highest BCUT2D eigenvalue weighted by Gasteiger charge is 2.19. The van der Waals surface area contributed by atoms with Crippen LogP contribution in [0.25, 0.3) is 0 Å². The SMILES string of the molecule is CCOC(=O)c1cc(C(F)F)[nH]c(=O)c1CCl. The summed E-state index contributed by atoms with van der Waals surface area (Å²) in [5, 5.41) is 0. The van der Waals surface area contributed by atoms with Gasteiger partial charge in [-0.25, -0.2) is 13.6 Å². The van der Waals surface area contributed by atoms with Gasteiger partial charge in [-0.2, -0.15) is 0 Å². The van der Waals surface area contributed by atoms with Crippen LogP contribution in [0.4, 0.5) is 8.78 Å². The summed E-state index contributed by atoms with van der Waals surface area (Å²) >= 11 is 5.50. The number of hydrogen-bond donors (Lipinski definition) is 1. The van der Waals surface area contributed by atoms with E-state index < -0.39 is 23.6 Å². The first-order valence-electron chi connectivity index (χ1n) is 4.78. The quantitative estimate of drug-likeness (QED) is 0.671. The zero-order valence-corrected chi connectivity index (χ0v) is 9.68. The minimum Gasteiger partial charge on any atom is -0.462 e. The normalized spacial score (nSPS) is 10.6. The number of esters is 1. The van der Waals surface area contributed by atoms with Crippen molar-refractivity contribution in [1.29, 1.82) is 0 Å². The smallest absolute Gasteiger partial charge is 0.338 e. The van der Waals surface area contributed by atoms with Gasteiger partial charge in [0, 0.05) is 5.56 Å². The van der Waals surface area contributed by atoms with Crippen molar-refractivity contribution in [3.63, 3.8) is 0 Å². The second-order valence-electron chi connectivity index (χ2n) is 3.10. The Labute approximate surface area is 101 Å². The summed E-state index contributed by atoms with van der Waals surface area (Å²) in [6, 6.07) is 0.891. The predicted molar refractivity (Wildman–Crippen MR) is 57.5 cm³/mol. The van der Waals surface area contributed by atoms with E-state index in [4.69, 9.17) is 11.6 Å². The zero-order valence-electron chi connectivity index (χ0n) is 8.93. The highest BCUT2D eigenvalue weighted by atomic mass is 35.5. The van der Waals surface area contributed by atoms with Crippen LogP contribution >= 0.6 is 11.6 Å². The highest BCUT2D eigenvalue weighted by molar-refractivity contribution is 6.17. The molecule has 0 aliphatic rings. The number of carbonyl (C=O) groups excluding carboxylic acids is 1. The third-order valence-corrected chi connectivity index (χ3v) is 2.29. The summed E-state index contributed by atoms with van der Waals surface area (Å²) in [6.07, 6.45) is -2.87. The monoisotopic (exact) mass is 265 g/mol. The number of alkyl halides is 3. The molecule has 4 nitrogen and oxygen atoms in total. The standard InChI is InChI=1S/C10H10ClF2NO3/c1-2-17-10(16)5-3-7(8(12)13)14-9(15)6(5)4-11/h3,8H,2,4H2,1H3,(H,14,15). The van der Waals surface area contributed by atoms with E-state index in [2.05, 4.69) is 4.74 Å². The van der Waals surface area contributed by atoms with Crippen LogP contribution in [0.3, 0.4) is 0 Å². The largest absolute Gasteiger partial charge is 0.462 e. The van der Waals surface area contributed by atoms with Crippen LogP contribution in [0.5, 0.6) is 0 Å². The lowest BCUT2D eigenvalue weighted by atomic mass is 10.1. The van der Waals surface area contributed by atoms with E-state index in [1.54, 1.807) is 6.92 Å². The maximum Gasteiger partial charge on any atom is 0.338 e. The number of nitrogens with one attached hydrogen (secondary N) is 1. The lowest BCUT2D eigenvalue weighted by molar-refractivity contribution is 0.0524. The van der Waals surface area contributed by atoms with Crippen LogP contribution < -0.4 is 5.56 Å². The van der Waals surface area contributed by atoms with Gasteiger partial charge in [0.15, 0.2) is 0 Å². The second kappa shape index (κ2) is 5.77. The molecule has 0 atom stereocenters. The first-order chi connectivity index (χ1) is 8.01. The molecule has 0 aliphatic carbocycles. The Morgan fingerprint density at radius 2 is 2.24 bits per heavy atom. The molecule has 0 aromatic carbocycles. The Hall–Kier alpha value is -1.43. The number of halogens is 3. The van der Waals surface area contributed by atoms with Crippen LogP contribution in [0, 0.1) is 0 Å². The molecule has 1 aromatic heterocycles. The van der Waals surface area contributed by atoms with E-state index in [9.17, 15) is 18.4 Å². The van der Waals surface area contributed by atoms with Crippen LogP contribution in [0.1, 0.15) is 35.0 Å². The molecule has 94 valence electrons. The molecule has 1 N–H and O–H groups in total. The molecule has 0 amide bonds. The van der Waals surface area contributed by atoms with Crippen molar-refractivity contribution < 1.29 is 18.3 Å². The molecular weight excluding hydrogens is 256 g/mol. The molecular formula is C10H10ClF2NO3. The van der Waals surface area contributed by atoms with Gasteiger partial charge >= 0.3 is 5.97 Å². The average Bonchev–Trinajstić information content (AvgIpc) is 2.28. The van der Waals surface area contributed by atoms with Gasteiger partial charge in [-0.15, -0.1) is 11.6 Å². The van der Waals surface area contributed by atoms with Gasteiger partial charge in [0.25, 0.3) is 12.0 Å². The van der Waals surface area contributed by atoms with Gasteiger partial charge in [-0.3, -0.25) is 4.79 Å². The summed E-state index contributed by atoms with van der Waals surface area (Å²) in [4.78, 5) is 24.9. The van der Waals surface area contributed by atoms with Gasteiger partial charge in [0.1, 0.15) is 0 Å². The molecule has 0 bridgehead atoms. The topological polar surface area (TPSA) is 59.2 Å². The van der Waals surface area contributed by atoms with Crippen molar-refractivity contribution in [3.8, 4) is 0 Å². The van der Waals surface area contributed by atoms with E-state index in [1.807, 2.05) is 4.98 Å². The van der Waals surface area contributed by atoms with E-state index in [0.29, 0.717) is 0 Å². The van der Waals surface area contributed by atoms with E-state index >= 15 is 0 Å². The molecule has 0 saturated heterocycles. The second-order valence-corrected chi connectivity index (χ2v) is 3.37. The number of rotatable bonds is 4. The first kappa shape index (κ1) is 13.6. The Balaban J connectivity index is 3.34.